The third kappa shape index (κ3) is 8.94. The van der Waals surface area contributed by atoms with Crippen LogP contribution >= 0.6 is 23.2 Å². The molecule has 3 saturated carbocycles. The van der Waals surface area contributed by atoms with Crippen molar-refractivity contribution >= 4 is 35.0 Å². The standard InChI is InChI=1S/C25H38Cl2N2O4/c1-2-15-29(25(31)17-33-23-13-5-19(27)6-14-23)21-9-7-20(8-10-21)28-24(30)16-32-22-11-3-18(26)4-12-22/h1,18-23H,3-17H2,(H,28,30). The molecule has 3 aliphatic carbocycles. The summed E-state index contributed by atoms with van der Waals surface area (Å²) in [7, 11) is 0. The van der Waals surface area contributed by atoms with E-state index in [0.29, 0.717) is 0 Å². The van der Waals surface area contributed by atoms with E-state index in [9.17, 15) is 9.59 Å². The van der Waals surface area contributed by atoms with Crippen LogP contribution < -0.4 is 5.32 Å². The lowest BCUT2D eigenvalue weighted by atomic mass is 9.90. The molecule has 0 aliphatic heterocycles. The van der Waals surface area contributed by atoms with Gasteiger partial charge in [0.25, 0.3) is 0 Å². The Kier molecular flexibility index (Phi) is 11.1. The molecule has 1 N–H and O–H groups in total. The van der Waals surface area contributed by atoms with E-state index in [1.165, 1.54) is 0 Å². The first-order valence-electron chi connectivity index (χ1n) is 12.5. The summed E-state index contributed by atoms with van der Waals surface area (Å²) >= 11 is 12.3. The van der Waals surface area contributed by atoms with E-state index in [-0.39, 0.29) is 66.6 Å². The van der Waals surface area contributed by atoms with Gasteiger partial charge in [-0.3, -0.25) is 9.59 Å². The van der Waals surface area contributed by atoms with Crippen molar-refractivity contribution in [3.63, 3.8) is 0 Å². The zero-order chi connectivity index (χ0) is 23.6. The highest BCUT2D eigenvalue weighted by molar-refractivity contribution is 6.20. The maximum absolute atomic E-state index is 12.8. The molecular weight excluding hydrogens is 463 g/mol. The molecule has 3 aliphatic rings. The smallest absolute Gasteiger partial charge is 0.249 e. The largest absolute Gasteiger partial charge is 0.368 e. The summed E-state index contributed by atoms with van der Waals surface area (Å²) in [5.74, 6) is 2.51. The van der Waals surface area contributed by atoms with Gasteiger partial charge in [-0.2, -0.15) is 0 Å². The van der Waals surface area contributed by atoms with Gasteiger partial charge in [-0.15, -0.1) is 29.6 Å². The van der Waals surface area contributed by atoms with Crippen molar-refractivity contribution in [1.82, 2.24) is 10.2 Å². The third-order valence-electron chi connectivity index (χ3n) is 7.18. The van der Waals surface area contributed by atoms with Crippen LogP contribution in [-0.2, 0) is 19.1 Å². The van der Waals surface area contributed by atoms with Gasteiger partial charge in [-0.1, -0.05) is 5.92 Å². The third-order valence-corrected chi connectivity index (χ3v) is 8.06. The van der Waals surface area contributed by atoms with E-state index in [4.69, 9.17) is 39.1 Å². The number of ether oxygens (including phenoxy) is 2. The minimum absolute atomic E-state index is 0.0477. The van der Waals surface area contributed by atoms with E-state index in [1.54, 1.807) is 4.90 Å². The first-order chi connectivity index (χ1) is 15.9. The van der Waals surface area contributed by atoms with Crippen molar-refractivity contribution < 1.29 is 19.1 Å². The van der Waals surface area contributed by atoms with Gasteiger partial charge in [0.1, 0.15) is 13.2 Å². The zero-order valence-electron chi connectivity index (χ0n) is 19.5. The summed E-state index contributed by atoms with van der Waals surface area (Å²) in [5.41, 5.74) is 0. The Bertz CT molecular complexity index is 662. The Morgan fingerprint density at radius 2 is 1.33 bits per heavy atom. The fourth-order valence-electron chi connectivity index (χ4n) is 5.16. The van der Waals surface area contributed by atoms with E-state index in [1.807, 2.05) is 0 Å². The Morgan fingerprint density at radius 3 is 1.85 bits per heavy atom. The van der Waals surface area contributed by atoms with E-state index in [0.717, 1.165) is 77.0 Å². The average molecular weight is 501 g/mol. The number of carbonyl (C=O) groups excluding carboxylic acids is 2. The van der Waals surface area contributed by atoms with Gasteiger partial charge < -0.3 is 19.7 Å². The molecule has 0 heterocycles. The number of nitrogens with zero attached hydrogens (tertiary/aromatic N) is 1. The molecule has 0 unspecified atom stereocenters. The number of amides is 2. The molecule has 0 atom stereocenters. The first-order valence-corrected chi connectivity index (χ1v) is 13.4. The minimum Gasteiger partial charge on any atom is -0.368 e. The van der Waals surface area contributed by atoms with Crippen LogP contribution in [0.5, 0.6) is 0 Å². The molecule has 0 aromatic carbocycles. The number of alkyl halides is 2. The SMILES string of the molecule is C#CCN(C(=O)COC1CCC(Cl)CC1)C1CCC(NC(=O)COC2CCC(Cl)CC2)CC1. The van der Waals surface area contributed by atoms with Crippen LogP contribution in [0.15, 0.2) is 0 Å². The Morgan fingerprint density at radius 1 is 0.818 bits per heavy atom. The molecule has 0 aromatic heterocycles. The lowest BCUT2D eigenvalue weighted by Crippen LogP contribution is -2.48. The van der Waals surface area contributed by atoms with Crippen molar-refractivity contribution in [1.29, 1.82) is 0 Å². The van der Waals surface area contributed by atoms with Crippen molar-refractivity contribution in [3.8, 4) is 12.3 Å². The molecule has 3 fully saturated rings. The molecule has 33 heavy (non-hydrogen) atoms. The van der Waals surface area contributed by atoms with Gasteiger partial charge in [0.05, 0.1) is 18.8 Å². The number of nitrogens with one attached hydrogen (secondary N) is 1. The molecule has 0 bridgehead atoms. The second kappa shape index (κ2) is 13.8. The summed E-state index contributed by atoms with van der Waals surface area (Å²) in [5, 5.41) is 3.56. The van der Waals surface area contributed by atoms with Gasteiger partial charge in [-0.25, -0.2) is 0 Å². The predicted molar refractivity (Wildman–Crippen MR) is 130 cm³/mol. The highest BCUT2D eigenvalue weighted by Crippen LogP contribution is 2.27. The number of halogens is 2. The monoisotopic (exact) mass is 500 g/mol. The van der Waals surface area contributed by atoms with Gasteiger partial charge in [0.2, 0.25) is 11.8 Å². The van der Waals surface area contributed by atoms with Crippen LogP contribution in [0.4, 0.5) is 0 Å². The van der Waals surface area contributed by atoms with Crippen LogP contribution in [0.3, 0.4) is 0 Å². The highest BCUT2D eigenvalue weighted by atomic mass is 35.5. The normalized spacial score (nSPS) is 32.5. The minimum atomic E-state index is -0.0666. The first kappa shape index (κ1) is 26.6. The molecule has 0 spiro atoms. The maximum Gasteiger partial charge on any atom is 0.249 e. The number of hydrogen-bond donors (Lipinski definition) is 1. The van der Waals surface area contributed by atoms with E-state index in [2.05, 4.69) is 11.2 Å². The second-order valence-electron chi connectivity index (χ2n) is 9.67. The van der Waals surface area contributed by atoms with Gasteiger partial charge in [-0.05, 0) is 77.0 Å². The second-order valence-corrected chi connectivity index (χ2v) is 10.9. The summed E-state index contributed by atoms with van der Waals surface area (Å²) < 4.78 is 11.6. The van der Waals surface area contributed by atoms with Crippen LogP contribution in [0.1, 0.15) is 77.0 Å². The molecule has 6 nitrogen and oxygen atoms in total. The lowest BCUT2D eigenvalue weighted by Gasteiger charge is -2.36. The molecule has 0 radical (unpaired) electrons. The molecule has 8 heteroatoms. The molecule has 0 aromatic rings. The van der Waals surface area contributed by atoms with Crippen molar-refractivity contribution in [2.75, 3.05) is 19.8 Å². The number of carbonyl (C=O) groups is 2. The Balaban J connectivity index is 1.35. The summed E-state index contributed by atoms with van der Waals surface area (Å²) in [6.45, 7) is 0.456. The number of terminal acetylenes is 1. The zero-order valence-corrected chi connectivity index (χ0v) is 21.0. The topological polar surface area (TPSA) is 67.9 Å². The molecule has 0 saturated heterocycles. The Hall–Kier alpha value is -1.000. The van der Waals surface area contributed by atoms with Crippen LogP contribution in [0.25, 0.3) is 0 Å². The van der Waals surface area contributed by atoms with E-state index >= 15 is 0 Å². The van der Waals surface area contributed by atoms with Crippen LogP contribution in [0, 0.1) is 12.3 Å². The molecule has 3 rings (SSSR count). The van der Waals surface area contributed by atoms with Gasteiger partial charge in [0, 0.05) is 22.8 Å². The highest BCUT2D eigenvalue weighted by Gasteiger charge is 2.30. The van der Waals surface area contributed by atoms with Crippen LogP contribution in [-0.4, -0.2) is 71.5 Å². The predicted octanol–water partition coefficient (Wildman–Crippen LogP) is 4.01. The van der Waals surface area contributed by atoms with Crippen LogP contribution in [0.2, 0.25) is 0 Å². The number of hydrogen-bond acceptors (Lipinski definition) is 4. The van der Waals surface area contributed by atoms with E-state index < -0.39 is 0 Å². The van der Waals surface area contributed by atoms with Gasteiger partial charge >= 0.3 is 0 Å². The fraction of sp³-hybridized carbons (Fsp3) is 0.840. The summed E-state index contributed by atoms with van der Waals surface area (Å²) in [6, 6.07) is 0.201. The Labute approximate surface area is 208 Å². The van der Waals surface area contributed by atoms with Crippen molar-refractivity contribution in [2.45, 2.75) is 112 Å². The quantitative estimate of drug-likeness (QED) is 0.383. The maximum atomic E-state index is 12.8. The average Bonchev–Trinajstić information content (AvgIpc) is 2.82. The fourth-order valence-corrected chi connectivity index (χ4v) is 5.67. The van der Waals surface area contributed by atoms with Crippen molar-refractivity contribution in [2.24, 2.45) is 0 Å². The number of rotatable bonds is 9. The summed E-state index contributed by atoms with van der Waals surface area (Å²) in [4.78, 5) is 26.9. The molecular formula is C25H38Cl2N2O4. The van der Waals surface area contributed by atoms with Gasteiger partial charge in [0.15, 0.2) is 0 Å². The summed E-state index contributed by atoms with van der Waals surface area (Å²) in [6.07, 6.45) is 16.5. The lowest BCUT2D eigenvalue weighted by molar-refractivity contribution is -0.141. The molecule has 186 valence electrons. The molecule has 2 amide bonds. The van der Waals surface area contributed by atoms with Crippen molar-refractivity contribution in [3.05, 3.63) is 0 Å².